The molecule has 4 amide bonds. The van der Waals surface area contributed by atoms with Crippen molar-refractivity contribution in [2.45, 2.75) is 25.7 Å². The SMILES string of the molecule is NC(=O)c1ccc(NC(=O)CCCCCN2C(=O)c3ccccc3C2=O)cc1. The lowest BCUT2D eigenvalue weighted by Crippen LogP contribution is -2.30. The van der Waals surface area contributed by atoms with E-state index in [1.165, 1.54) is 4.90 Å². The van der Waals surface area contributed by atoms with Crippen LogP contribution in [0.25, 0.3) is 0 Å². The van der Waals surface area contributed by atoms with Crippen LogP contribution in [0, 0.1) is 0 Å². The second-order valence-electron chi connectivity index (χ2n) is 6.61. The first-order chi connectivity index (χ1) is 13.5. The topological polar surface area (TPSA) is 110 Å². The summed E-state index contributed by atoms with van der Waals surface area (Å²) in [5.74, 6) is -1.15. The van der Waals surface area contributed by atoms with Gasteiger partial charge in [0.05, 0.1) is 11.1 Å². The summed E-state index contributed by atoms with van der Waals surface area (Å²) < 4.78 is 0. The standard InChI is InChI=1S/C21H21N3O4/c22-19(26)14-9-11-15(12-10-14)23-18(25)8-2-1-5-13-24-20(27)16-6-3-4-7-17(16)21(24)28/h3-4,6-7,9-12H,1-2,5,8,13H2,(H2,22,26)(H,23,25). The summed E-state index contributed by atoms with van der Waals surface area (Å²) >= 11 is 0. The molecule has 2 aromatic rings. The number of carbonyl (C=O) groups excluding carboxylic acids is 4. The van der Waals surface area contributed by atoms with Crippen molar-refractivity contribution in [3.8, 4) is 0 Å². The van der Waals surface area contributed by atoms with E-state index < -0.39 is 5.91 Å². The molecule has 0 saturated heterocycles. The van der Waals surface area contributed by atoms with Crippen LogP contribution in [0.4, 0.5) is 5.69 Å². The Morgan fingerprint density at radius 2 is 1.46 bits per heavy atom. The summed E-state index contributed by atoms with van der Waals surface area (Å²) in [5, 5.41) is 2.76. The molecule has 1 aliphatic heterocycles. The fourth-order valence-corrected chi connectivity index (χ4v) is 3.12. The third-order valence-corrected chi connectivity index (χ3v) is 4.62. The molecule has 0 atom stereocenters. The molecular formula is C21H21N3O4. The van der Waals surface area contributed by atoms with Gasteiger partial charge in [0, 0.05) is 24.2 Å². The van der Waals surface area contributed by atoms with Gasteiger partial charge in [-0.2, -0.15) is 0 Å². The Labute approximate surface area is 162 Å². The number of anilines is 1. The van der Waals surface area contributed by atoms with E-state index in [4.69, 9.17) is 5.73 Å². The maximum Gasteiger partial charge on any atom is 0.261 e. The molecule has 0 aromatic heterocycles. The van der Waals surface area contributed by atoms with E-state index in [1.54, 1.807) is 48.5 Å². The number of nitrogens with one attached hydrogen (secondary N) is 1. The molecular weight excluding hydrogens is 358 g/mol. The highest BCUT2D eigenvalue weighted by atomic mass is 16.2. The van der Waals surface area contributed by atoms with Crippen LogP contribution in [-0.2, 0) is 4.79 Å². The maximum atomic E-state index is 12.3. The molecule has 7 heteroatoms. The van der Waals surface area contributed by atoms with Gasteiger partial charge < -0.3 is 11.1 Å². The van der Waals surface area contributed by atoms with E-state index in [1.807, 2.05) is 0 Å². The smallest absolute Gasteiger partial charge is 0.261 e. The molecule has 3 N–H and O–H groups in total. The number of hydrogen-bond acceptors (Lipinski definition) is 4. The molecule has 0 unspecified atom stereocenters. The lowest BCUT2D eigenvalue weighted by Gasteiger charge is -2.13. The monoisotopic (exact) mass is 379 g/mol. The number of nitrogens with zero attached hydrogens (tertiary/aromatic N) is 1. The molecule has 3 rings (SSSR count). The van der Waals surface area contributed by atoms with Crippen LogP contribution >= 0.6 is 0 Å². The van der Waals surface area contributed by atoms with Crippen molar-refractivity contribution in [1.29, 1.82) is 0 Å². The van der Waals surface area contributed by atoms with E-state index in [0.29, 0.717) is 48.2 Å². The Balaban J connectivity index is 1.38. The van der Waals surface area contributed by atoms with Crippen molar-refractivity contribution in [2.24, 2.45) is 5.73 Å². The molecule has 1 aliphatic rings. The Morgan fingerprint density at radius 3 is 2.04 bits per heavy atom. The molecule has 144 valence electrons. The summed E-state index contributed by atoms with van der Waals surface area (Å²) in [6.45, 7) is 0.350. The zero-order valence-electron chi connectivity index (χ0n) is 15.3. The zero-order valence-corrected chi connectivity index (χ0v) is 15.3. The summed E-state index contributed by atoms with van der Waals surface area (Å²) in [4.78, 5) is 48.8. The number of unbranched alkanes of at least 4 members (excludes halogenated alkanes) is 2. The minimum absolute atomic E-state index is 0.132. The average Bonchev–Trinajstić information content (AvgIpc) is 2.93. The number of hydrogen-bond donors (Lipinski definition) is 2. The molecule has 0 saturated carbocycles. The van der Waals surface area contributed by atoms with Gasteiger partial charge in [0.15, 0.2) is 0 Å². The van der Waals surface area contributed by atoms with E-state index in [9.17, 15) is 19.2 Å². The van der Waals surface area contributed by atoms with Crippen molar-refractivity contribution in [3.63, 3.8) is 0 Å². The van der Waals surface area contributed by atoms with E-state index in [0.717, 1.165) is 6.42 Å². The van der Waals surface area contributed by atoms with Crippen LogP contribution in [0.15, 0.2) is 48.5 Å². The maximum absolute atomic E-state index is 12.3. The molecule has 0 radical (unpaired) electrons. The summed E-state index contributed by atoms with van der Waals surface area (Å²) in [6, 6.07) is 13.2. The number of primary amides is 1. The van der Waals surface area contributed by atoms with Crippen LogP contribution in [0.5, 0.6) is 0 Å². The summed E-state index contributed by atoms with van der Waals surface area (Å²) in [7, 11) is 0. The van der Waals surface area contributed by atoms with Crippen LogP contribution in [0.3, 0.4) is 0 Å². The summed E-state index contributed by atoms with van der Waals surface area (Å²) in [6.07, 6.45) is 2.35. The van der Waals surface area contributed by atoms with Crippen LogP contribution < -0.4 is 11.1 Å². The molecule has 7 nitrogen and oxygen atoms in total. The number of carbonyl (C=O) groups is 4. The highest BCUT2D eigenvalue weighted by molar-refractivity contribution is 6.21. The van der Waals surface area contributed by atoms with Crippen molar-refractivity contribution in [1.82, 2.24) is 4.90 Å². The van der Waals surface area contributed by atoms with Gasteiger partial charge in [0.2, 0.25) is 11.8 Å². The van der Waals surface area contributed by atoms with Gasteiger partial charge in [-0.05, 0) is 49.2 Å². The molecule has 0 aliphatic carbocycles. The van der Waals surface area contributed by atoms with Crippen LogP contribution in [-0.4, -0.2) is 35.1 Å². The van der Waals surface area contributed by atoms with Crippen molar-refractivity contribution in [3.05, 3.63) is 65.2 Å². The van der Waals surface area contributed by atoms with Gasteiger partial charge in [-0.1, -0.05) is 18.6 Å². The normalized spacial score (nSPS) is 12.8. The molecule has 0 bridgehead atoms. The van der Waals surface area contributed by atoms with Crippen LogP contribution in [0.1, 0.15) is 56.8 Å². The molecule has 28 heavy (non-hydrogen) atoms. The number of nitrogens with two attached hydrogens (primary N) is 1. The van der Waals surface area contributed by atoms with Gasteiger partial charge >= 0.3 is 0 Å². The number of rotatable bonds is 8. The Morgan fingerprint density at radius 1 is 0.857 bits per heavy atom. The third kappa shape index (κ3) is 4.25. The number of amides is 4. The van der Waals surface area contributed by atoms with Gasteiger partial charge in [-0.25, -0.2) is 0 Å². The quantitative estimate of drug-likeness (QED) is 0.542. The van der Waals surface area contributed by atoms with Crippen molar-refractivity contribution < 1.29 is 19.2 Å². The predicted molar refractivity (Wildman–Crippen MR) is 104 cm³/mol. The lowest BCUT2D eigenvalue weighted by atomic mass is 10.1. The second-order valence-corrected chi connectivity index (χ2v) is 6.61. The molecule has 0 spiro atoms. The zero-order chi connectivity index (χ0) is 20.1. The lowest BCUT2D eigenvalue weighted by molar-refractivity contribution is -0.116. The third-order valence-electron chi connectivity index (χ3n) is 4.62. The first-order valence-corrected chi connectivity index (χ1v) is 9.12. The van der Waals surface area contributed by atoms with E-state index in [-0.39, 0.29) is 17.7 Å². The fraction of sp³-hybridized carbons (Fsp3) is 0.238. The molecule has 2 aromatic carbocycles. The first-order valence-electron chi connectivity index (χ1n) is 9.12. The number of imide groups is 1. The largest absolute Gasteiger partial charge is 0.366 e. The Kier molecular flexibility index (Phi) is 5.84. The van der Waals surface area contributed by atoms with Crippen molar-refractivity contribution >= 4 is 29.3 Å². The fourth-order valence-electron chi connectivity index (χ4n) is 3.12. The van der Waals surface area contributed by atoms with Gasteiger partial charge in [0.25, 0.3) is 11.8 Å². The van der Waals surface area contributed by atoms with E-state index >= 15 is 0 Å². The van der Waals surface area contributed by atoms with E-state index in [2.05, 4.69) is 5.32 Å². The average molecular weight is 379 g/mol. The summed E-state index contributed by atoms with van der Waals surface area (Å²) in [5.41, 5.74) is 7.06. The van der Waals surface area contributed by atoms with Gasteiger partial charge in [0.1, 0.15) is 0 Å². The number of fused-ring (bicyclic) bond motifs is 1. The minimum Gasteiger partial charge on any atom is -0.366 e. The second kappa shape index (κ2) is 8.47. The predicted octanol–water partition coefficient (Wildman–Crippen LogP) is 2.58. The van der Waals surface area contributed by atoms with Gasteiger partial charge in [-0.3, -0.25) is 24.1 Å². The Bertz CT molecular complexity index is 887. The Hall–Kier alpha value is -3.48. The highest BCUT2D eigenvalue weighted by Gasteiger charge is 2.34. The number of benzene rings is 2. The molecule has 0 fully saturated rings. The minimum atomic E-state index is -0.518. The van der Waals surface area contributed by atoms with Crippen molar-refractivity contribution in [2.75, 3.05) is 11.9 Å². The van der Waals surface area contributed by atoms with Crippen LogP contribution in [0.2, 0.25) is 0 Å². The molecule has 1 heterocycles. The van der Waals surface area contributed by atoms with Gasteiger partial charge in [-0.15, -0.1) is 0 Å². The first kappa shape index (κ1) is 19.3. The highest BCUT2D eigenvalue weighted by Crippen LogP contribution is 2.22.